The van der Waals surface area contributed by atoms with Crippen molar-refractivity contribution in [3.8, 4) is 11.5 Å². The molecular formula is C16H17N5O2S. The van der Waals surface area contributed by atoms with Crippen LogP contribution < -0.4 is 25.6 Å². The van der Waals surface area contributed by atoms with Crippen LogP contribution >= 0.6 is 11.8 Å². The van der Waals surface area contributed by atoms with E-state index in [1.807, 2.05) is 12.1 Å². The first-order chi connectivity index (χ1) is 11.8. The van der Waals surface area contributed by atoms with Crippen molar-refractivity contribution in [1.29, 1.82) is 0 Å². The number of hydrazine groups is 1. The molecule has 3 aliphatic heterocycles. The Hall–Kier alpha value is -2.19. The number of hydrogen-bond acceptors (Lipinski definition) is 8. The predicted octanol–water partition coefficient (Wildman–Crippen LogP) is 1.89. The average Bonchev–Trinajstić information content (AvgIpc) is 2.93. The van der Waals surface area contributed by atoms with Crippen molar-refractivity contribution >= 4 is 23.5 Å². The summed E-state index contributed by atoms with van der Waals surface area (Å²) in [6.07, 6.45) is 1.07. The molecule has 0 spiro atoms. The summed E-state index contributed by atoms with van der Waals surface area (Å²) in [5, 5.41) is 3.07. The van der Waals surface area contributed by atoms with Gasteiger partial charge in [0.2, 0.25) is 5.95 Å². The highest BCUT2D eigenvalue weighted by molar-refractivity contribution is 7.99. The first-order valence-electron chi connectivity index (χ1n) is 8.00. The smallest absolute Gasteiger partial charge is 0.223 e. The number of benzene rings is 1. The first-order valence-corrected chi connectivity index (χ1v) is 8.99. The standard InChI is InChI=1S/C16H17N5O2S/c17-16-18-14-13-10(3-6-24-15(13)19-16)20-21(14)8-9-1-2-11-12(7-9)23-5-4-22-11/h1-2,7,10,20H,3-6,8H2,(H2,17,18,19). The van der Waals surface area contributed by atoms with Gasteiger partial charge >= 0.3 is 0 Å². The molecule has 1 aromatic heterocycles. The Balaban J connectivity index is 1.47. The molecule has 0 radical (unpaired) electrons. The van der Waals surface area contributed by atoms with Crippen LogP contribution in [-0.4, -0.2) is 28.9 Å². The zero-order chi connectivity index (χ0) is 16.1. The maximum absolute atomic E-state index is 5.90. The van der Waals surface area contributed by atoms with E-state index in [1.165, 1.54) is 5.56 Å². The number of fused-ring (bicyclic) bond motifs is 1. The van der Waals surface area contributed by atoms with E-state index in [0.717, 1.165) is 40.1 Å². The van der Waals surface area contributed by atoms with Crippen LogP contribution in [0.2, 0.25) is 0 Å². The largest absolute Gasteiger partial charge is 0.486 e. The quantitative estimate of drug-likeness (QED) is 0.800. The number of thioether (sulfide) groups is 1. The van der Waals surface area contributed by atoms with Gasteiger partial charge in [0.1, 0.15) is 18.2 Å². The zero-order valence-electron chi connectivity index (χ0n) is 13.0. The van der Waals surface area contributed by atoms with Crippen molar-refractivity contribution in [3.63, 3.8) is 0 Å². The van der Waals surface area contributed by atoms with Crippen LogP contribution in [0.4, 0.5) is 11.8 Å². The van der Waals surface area contributed by atoms with Gasteiger partial charge in [-0.3, -0.25) is 5.01 Å². The molecule has 1 unspecified atom stereocenters. The topological polar surface area (TPSA) is 85.5 Å². The van der Waals surface area contributed by atoms with Gasteiger partial charge in [0, 0.05) is 11.3 Å². The van der Waals surface area contributed by atoms with Crippen molar-refractivity contribution in [2.24, 2.45) is 0 Å². The van der Waals surface area contributed by atoms with Gasteiger partial charge in [-0.15, -0.1) is 11.8 Å². The summed E-state index contributed by atoms with van der Waals surface area (Å²) in [5.41, 5.74) is 11.7. The van der Waals surface area contributed by atoms with Crippen LogP contribution in [-0.2, 0) is 6.54 Å². The van der Waals surface area contributed by atoms with E-state index in [9.17, 15) is 0 Å². The van der Waals surface area contributed by atoms with Crippen LogP contribution in [0.1, 0.15) is 23.6 Å². The monoisotopic (exact) mass is 343 g/mol. The molecule has 8 heteroatoms. The van der Waals surface area contributed by atoms with Crippen LogP contribution in [0.3, 0.4) is 0 Å². The third kappa shape index (κ3) is 2.25. The zero-order valence-corrected chi connectivity index (χ0v) is 13.8. The van der Waals surface area contributed by atoms with E-state index in [4.69, 9.17) is 15.2 Å². The van der Waals surface area contributed by atoms with E-state index in [0.29, 0.717) is 25.7 Å². The van der Waals surface area contributed by atoms with Crippen molar-refractivity contribution in [3.05, 3.63) is 29.3 Å². The third-order valence-corrected chi connectivity index (χ3v) is 5.44. The first kappa shape index (κ1) is 14.2. The molecule has 0 bridgehead atoms. The summed E-state index contributed by atoms with van der Waals surface area (Å²) >= 11 is 1.75. The molecule has 3 N–H and O–H groups in total. The highest BCUT2D eigenvalue weighted by Crippen LogP contribution is 2.44. The number of nitrogens with zero attached hydrogens (tertiary/aromatic N) is 3. The predicted molar refractivity (Wildman–Crippen MR) is 91.3 cm³/mol. The number of ether oxygens (including phenoxy) is 2. The van der Waals surface area contributed by atoms with Gasteiger partial charge in [0.15, 0.2) is 17.3 Å². The summed E-state index contributed by atoms with van der Waals surface area (Å²) in [5.74, 6) is 3.87. The maximum Gasteiger partial charge on any atom is 0.223 e. The number of nitrogen functional groups attached to an aromatic ring is 1. The number of rotatable bonds is 2. The average molecular weight is 343 g/mol. The molecule has 0 saturated heterocycles. The molecule has 1 atom stereocenters. The van der Waals surface area contributed by atoms with Gasteiger partial charge in [0.25, 0.3) is 0 Å². The van der Waals surface area contributed by atoms with Gasteiger partial charge in [-0.05, 0) is 24.1 Å². The molecule has 0 amide bonds. The fourth-order valence-electron chi connectivity index (χ4n) is 3.36. The Morgan fingerprint density at radius 2 is 2.12 bits per heavy atom. The maximum atomic E-state index is 5.90. The third-order valence-electron chi connectivity index (χ3n) is 4.42. The molecule has 1 aromatic carbocycles. The van der Waals surface area contributed by atoms with Crippen molar-refractivity contribution in [1.82, 2.24) is 15.4 Å². The molecule has 4 heterocycles. The van der Waals surface area contributed by atoms with Crippen LogP contribution in [0.25, 0.3) is 0 Å². The number of nitrogens with two attached hydrogens (primary N) is 1. The molecular weight excluding hydrogens is 326 g/mol. The SMILES string of the molecule is Nc1nc2c3c(n1)N(Cc1ccc4c(c1)OCCO4)NC3CCS2. The second-order valence-corrected chi connectivity index (χ2v) is 7.09. The summed E-state index contributed by atoms with van der Waals surface area (Å²) in [6, 6.07) is 6.32. The van der Waals surface area contributed by atoms with Crippen molar-refractivity contribution in [2.45, 2.75) is 24.0 Å². The van der Waals surface area contributed by atoms with Gasteiger partial charge < -0.3 is 15.2 Å². The lowest BCUT2D eigenvalue weighted by molar-refractivity contribution is 0.171. The Labute approximate surface area is 143 Å². The van der Waals surface area contributed by atoms with Crippen molar-refractivity contribution in [2.75, 3.05) is 29.7 Å². The van der Waals surface area contributed by atoms with Gasteiger partial charge in [-0.2, -0.15) is 4.98 Å². The molecule has 2 aromatic rings. The number of hydrogen-bond donors (Lipinski definition) is 2. The Bertz CT molecular complexity index is 815. The van der Waals surface area contributed by atoms with Crippen LogP contribution in [0, 0.1) is 0 Å². The normalized spacial score (nSPS) is 20.8. The summed E-state index contributed by atoms with van der Waals surface area (Å²) < 4.78 is 11.3. The molecule has 3 aliphatic rings. The van der Waals surface area contributed by atoms with E-state index in [1.54, 1.807) is 11.8 Å². The molecule has 5 rings (SSSR count). The minimum atomic E-state index is 0.272. The molecule has 7 nitrogen and oxygen atoms in total. The number of nitrogens with one attached hydrogen (secondary N) is 1. The van der Waals surface area contributed by atoms with E-state index >= 15 is 0 Å². The Morgan fingerprint density at radius 1 is 1.25 bits per heavy atom. The number of anilines is 2. The Morgan fingerprint density at radius 3 is 3.04 bits per heavy atom. The van der Waals surface area contributed by atoms with E-state index in [2.05, 4.69) is 26.5 Å². The van der Waals surface area contributed by atoms with Gasteiger partial charge in [-0.1, -0.05) is 6.07 Å². The minimum absolute atomic E-state index is 0.272. The van der Waals surface area contributed by atoms with Crippen LogP contribution in [0.5, 0.6) is 11.5 Å². The molecule has 0 fully saturated rings. The molecule has 0 saturated carbocycles. The van der Waals surface area contributed by atoms with Gasteiger partial charge in [-0.25, -0.2) is 10.4 Å². The minimum Gasteiger partial charge on any atom is -0.486 e. The summed E-state index contributed by atoms with van der Waals surface area (Å²) in [6.45, 7) is 1.88. The van der Waals surface area contributed by atoms with Crippen molar-refractivity contribution < 1.29 is 9.47 Å². The molecule has 0 aliphatic carbocycles. The summed E-state index contributed by atoms with van der Waals surface area (Å²) in [7, 11) is 0. The lowest BCUT2D eigenvalue weighted by atomic mass is 10.1. The van der Waals surface area contributed by atoms with Crippen LogP contribution in [0.15, 0.2) is 23.2 Å². The highest BCUT2D eigenvalue weighted by Gasteiger charge is 2.36. The van der Waals surface area contributed by atoms with E-state index < -0.39 is 0 Å². The summed E-state index contributed by atoms with van der Waals surface area (Å²) in [4.78, 5) is 8.86. The van der Waals surface area contributed by atoms with Gasteiger partial charge in [0.05, 0.1) is 12.6 Å². The fraction of sp³-hybridized carbons (Fsp3) is 0.375. The highest BCUT2D eigenvalue weighted by atomic mass is 32.2. The van der Waals surface area contributed by atoms with E-state index in [-0.39, 0.29) is 6.04 Å². The fourth-order valence-corrected chi connectivity index (χ4v) is 4.45. The number of aromatic nitrogens is 2. The molecule has 24 heavy (non-hydrogen) atoms. The Kier molecular flexibility index (Phi) is 3.20. The second-order valence-electron chi connectivity index (χ2n) is 6.01. The molecule has 124 valence electrons. The second kappa shape index (κ2) is 5.42. The lowest BCUT2D eigenvalue weighted by Crippen LogP contribution is -2.34. The lowest BCUT2D eigenvalue weighted by Gasteiger charge is -2.22.